The lowest BCUT2D eigenvalue weighted by Gasteiger charge is -1.98. The highest BCUT2D eigenvalue weighted by Gasteiger charge is 2.36. The number of allylic oxidation sites excluding steroid dienone is 1. The molecule has 1 aliphatic heterocycles. The third-order valence-corrected chi connectivity index (χ3v) is 4.04. The van der Waals surface area contributed by atoms with E-state index in [1.165, 1.54) is 70.6 Å². The fourth-order valence-corrected chi connectivity index (χ4v) is 2.63. The average Bonchev–Trinajstić information content (AvgIpc) is 3.16. The molecule has 0 aromatic rings. The van der Waals surface area contributed by atoms with Crippen LogP contribution < -0.4 is 0 Å². The lowest BCUT2D eigenvalue weighted by atomic mass is 10.1. The minimum atomic E-state index is 0.554. The molecule has 112 valence electrons. The Balaban J connectivity index is 1.83. The molecule has 1 nitrogen and oxygen atoms in total. The van der Waals surface area contributed by atoms with Crippen molar-refractivity contribution in [2.24, 2.45) is 0 Å². The third-order valence-electron chi connectivity index (χ3n) is 4.04. The molecule has 0 bridgehead atoms. The molecule has 0 spiro atoms. The summed E-state index contributed by atoms with van der Waals surface area (Å²) >= 11 is 0. The number of hydrogen-bond acceptors (Lipinski definition) is 1. The molecule has 0 saturated carbocycles. The Morgan fingerprint density at radius 1 is 0.737 bits per heavy atom. The summed E-state index contributed by atoms with van der Waals surface area (Å²) in [6, 6.07) is 0. The summed E-state index contributed by atoms with van der Waals surface area (Å²) in [7, 11) is 0. The van der Waals surface area contributed by atoms with E-state index in [4.69, 9.17) is 4.74 Å². The second kappa shape index (κ2) is 11.5. The summed E-state index contributed by atoms with van der Waals surface area (Å²) in [5.41, 5.74) is 0. The van der Waals surface area contributed by atoms with Crippen LogP contribution in [0.3, 0.4) is 0 Å². The average molecular weight is 266 g/mol. The van der Waals surface area contributed by atoms with Crippen molar-refractivity contribution in [3.63, 3.8) is 0 Å². The van der Waals surface area contributed by atoms with Gasteiger partial charge in [0.25, 0.3) is 0 Å². The Labute approximate surface area is 120 Å². The van der Waals surface area contributed by atoms with Crippen LogP contribution in [0.1, 0.15) is 90.9 Å². The highest BCUT2D eigenvalue weighted by Crippen LogP contribution is 2.30. The SMILES string of the molecule is CCCCCC=CCC1OC1CCCCCCCC. The van der Waals surface area contributed by atoms with E-state index in [0.29, 0.717) is 12.2 Å². The van der Waals surface area contributed by atoms with Gasteiger partial charge < -0.3 is 4.74 Å². The first-order valence-electron chi connectivity index (χ1n) is 8.69. The zero-order valence-corrected chi connectivity index (χ0v) is 13.2. The van der Waals surface area contributed by atoms with Crippen LogP contribution in [-0.4, -0.2) is 12.2 Å². The Kier molecular flexibility index (Phi) is 10.2. The number of rotatable bonds is 13. The summed E-state index contributed by atoms with van der Waals surface area (Å²) in [5, 5.41) is 0. The molecule has 0 aromatic heterocycles. The number of unbranched alkanes of at least 4 members (excludes halogenated alkanes) is 8. The van der Waals surface area contributed by atoms with Crippen molar-refractivity contribution >= 4 is 0 Å². The minimum absolute atomic E-state index is 0.554. The van der Waals surface area contributed by atoms with Gasteiger partial charge in [-0.2, -0.15) is 0 Å². The second-order valence-corrected chi connectivity index (χ2v) is 5.97. The van der Waals surface area contributed by atoms with E-state index in [9.17, 15) is 0 Å². The molecule has 0 radical (unpaired) electrons. The minimum Gasteiger partial charge on any atom is -0.369 e. The van der Waals surface area contributed by atoms with Crippen LogP contribution in [0.2, 0.25) is 0 Å². The normalized spacial score (nSPS) is 22.2. The van der Waals surface area contributed by atoms with Crippen molar-refractivity contribution in [1.29, 1.82) is 0 Å². The van der Waals surface area contributed by atoms with Crippen LogP contribution in [0, 0.1) is 0 Å². The number of ether oxygens (including phenoxy) is 1. The van der Waals surface area contributed by atoms with Crippen LogP contribution >= 0.6 is 0 Å². The maximum Gasteiger partial charge on any atom is 0.0876 e. The summed E-state index contributed by atoms with van der Waals surface area (Å²) < 4.78 is 5.72. The van der Waals surface area contributed by atoms with Gasteiger partial charge in [0, 0.05) is 0 Å². The number of hydrogen-bond donors (Lipinski definition) is 0. The Morgan fingerprint density at radius 3 is 2.21 bits per heavy atom. The fourth-order valence-electron chi connectivity index (χ4n) is 2.63. The molecule has 1 heteroatoms. The molecule has 1 rings (SSSR count). The van der Waals surface area contributed by atoms with Gasteiger partial charge in [0.1, 0.15) is 0 Å². The van der Waals surface area contributed by atoms with Gasteiger partial charge in [-0.05, 0) is 25.7 Å². The zero-order chi connectivity index (χ0) is 13.8. The Bertz CT molecular complexity index is 222. The molecule has 2 atom stereocenters. The van der Waals surface area contributed by atoms with E-state index < -0.39 is 0 Å². The van der Waals surface area contributed by atoms with Crippen molar-refractivity contribution in [3.8, 4) is 0 Å². The van der Waals surface area contributed by atoms with E-state index in [1.807, 2.05) is 0 Å². The molecular weight excluding hydrogens is 232 g/mol. The molecule has 0 amide bonds. The van der Waals surface area contributed by atoms with Gasteiger partial charge in [0.15, 0.2) is 0 Å². The van der Waals surface area contributed by atoms with Gasteiger partial charge in [-0.25, -0.2) is 0 Å². The highest BCUT2D eigenvalue weighted by atomic mass is 16.6. The smallest absolute Gasteiger partial charge is 0.0876 e. The van der Waals surface area contributed by atoms with Crippen molar-refractivity contribution in [2.75, 3.05) is 0 Å². The van der Waals surface area contributed by atoms with Crippen LogP contribution in [0.4, 0.5) is 0 Å². The maximum atomic E-state index is 5.72. The predicted octanol–water partition coefficient (Wildman–Crippen LogP) is 6.03. The molecule has 19 heavy (non-hydrogen) atoms. The number of epoxide rings is 1. The van der Waals surface area contributed by atoms with Gasteiger partial charge in [-0.3, -0.25) is 0 Å². The summed E-state index contributed by atoms with van der Waals surface area (Å²) in [6.45, 7) is 4.53. The van der Waals surface area contributed by atoms with Crippen molar-refractivity contribution in [3.05, 3.63) is 12.2 Å². The summed E-state index contributed by atoms with van der Waals surface area (Å²) in [5.74, 6) is 0. The Hall–Kier alpha value is -0.300. The predicted molar refractivity (Wildman–Crippen MR) is 84.6 cm³/mol. The molecular formula is C18H34O. The van der Waals surface area contributed by atoms with Gasteiger partial charge in [0.05, 0.1) is 12.2 Å². The lowest BCUT2D eigenvalue weighted by molar-refractivity contribution is 0.358. The maximum absolute atomic E-state index is 5.72. The molecule has 0 aliphatic carbocycles. The first-order chi connectivity index (χ1) is 9.38. The van der Waals surface area contributed by atoms with E-state index in [2.05, 4.69) is 26.0 Å². The van der Waals surface area contributed by atoms with Crippen LogP contribution in [0.15, 0.2) is 12.2 Å². The quantitative estimate of drug-likeness (QED) is 0.225. The van der Waals surface area contributed by atoms with Crippen LogP contribution in [0.25, 0.3) is 0 Å². The van der Waals surface area contributed by atoms with Crippen molar-refractivity contribution in [1.82, 2.24) is 0 Å². The molecule has 1 saturated heterocycles. The fraction of sp³-hybridized carbons (Fsp3) is 0.889. The second-order valence-electron chi connectivity index (χ2n) is 5.97. The van der Waals surface area contributed by atoms with Crippen LogP contribution in [-0.2, 0) is 4.74 Å². The first-order valence-corrected chi connectivity index (χ1v) is 8.69. The van der Waals surface area contributed by atoms with E-state index >= 15 is 0 Å². The molecule has 0 aromatic carbocycles. The molecule has 1 aliphatic rings. The van der Waals surface area contributed by atoms with Gasteiger partial charge in [-0.1, -0.05) is 77.4 Å². The lowest BCUT2D eigenvalue weighted by Crippen LogP contribution is -1.92. The van der Waals surface area contributed by atoms with Gasteiger partial charge in [0.2, 0.25) is 0 Å². The summed E-state index contributed by atoms with van der Waals surface area (Å²) in [6.07, 6.45) is 21.9. The zero-order valence-electron chi connectivity index (χ0n) is 13.2. The topological polar surface area (TPSA) is 12.5 Å². The van der Waals surface area contributed by atoms with Crippen molar-refractivity contribution < 1.29 is 4.74 Å². The van der Waals surface area contributed by atoms with Crippen LogP contribution in [0.5, 0.6) is 0 Å². The summed E-state index contributed by atoms with van der Waals surface area (Å²) in [4.78, 5) is 0. The largest absolute Gasteiger partial charge is 0.369 e. The van der Waals surface area contributed by atoms with Gasteiger partial charge in [-0.15, -0.1) is 0 Å². The van der Waals surface area contributed by atoms with E-state index in [0.717, 1.165) is 6.42 Å². The monoisotopic (exact) mass is 266 g/mol. The first kappa shape index (κ1) is 16.8. The third kappa shape index (κ3) is 9.27. The van der Waals surface area contributed by atoms with E-state index in [-0.39, 0.29) is 0 Å². The standard InChI is InChI=1S/C18H34O/c1-3-5-7-9-11-13-15-17-18(19-17)16-14-12-10-8-6-4-2/h11,13,17-18H,3-10,12,14-16H2,1-2H3. The van der Waals surface area contributed by atoms with E-state index in [1.54, 1.807) is 0 Å². The van der Waals surface area contributed by atoms with Gasteiger partial charge >= 0.3 is 0 Å². The highest BCUT2D eigenvalue weighted by molar-refractivity contribution is 4.93. The molecule has 2 unspecified atom stereocenters. The Morgan fingerprint density at radius 2 is 1.42 bits per heavy atom. The molecule has 0 N–H and O–H groups in total. The molecule has 1 heterocycles. The molecule has 1 fully saturated rings. The van der Waals surface area contributed by atoms with Crippen molar-refractivity contribution in [2.45, 2.75) is 103 Å².